The molecule has 1 N–H and O–H groups in total. The van der Waals surface area contributed by atoms with Crippen molar-refractivity contribution in [3.05, 3.63) is 71.8 Å². The molecular formula is C33H34F2N2O5S. The summed E-state index contributed by atoms with van der Waals surface area (Å²) in [6.07, 6.45) is 8.21. The fraction of sp³-hybridized carbons (Fsp3) is 0.455. The van der Waals surface area contributed by atoms with Gasteiger partial charge in [-0.2, -0.15) is 0 Å². The Bertz CT molecular complexity index is 1570. The van der Waals surface area contributed by atoms with E-state index in [4.69, 9.17) is 4.74 Å². The molecule has 43 heavy (non-hydrogen) atoms. The molecule has 0 unspecified atom stereocenters. The average molecular weight is 609 g/mol. The molecule has 0 spiro atoms. The van der Waals surface area contributed by atoms with Crippen LogP contribution in [-0.2, 0) is 20.8 Å². The second kappa shape index (κ2) is 12.1. The predicted octanol–water partition coefficient (Wildman–Crippen LogP) is 6.35. The number of halogens is 2. The molecule has 7 nitrogen and oxygen atoms in total. The molecule has 226 valence electrons. The Kier molecular flexibility index (Phi) is 8.31. The van der Waals surface area contributed by atoms with Gasteiger partial charge < -0.3 is 14.7 Å². The third kappa shape index (κ3) is 6.34. The van der Waals surface area contributed by atoms with E-state index in [9.17, 15) is 28.3 Å². The van der Waals surface area contributed by atoms with Crippen LogP contribution in [0.25, 0.3) is 10.2 Å². The number of nitrogens with zero attached hydrogens (tertiary/aromatic N) is 2. The highest BCUT2D eigenvalue weighted by Gasteiger charge is 2.61. The summed E-state index contributed by atoms with van der Waals surface area (Å²) in [7, 11) is 0. The Morgan fingerprint density at radius 1 is 1.12 bits per heavy atom. The van der Waals surface area contributed by atoms with Crippen LogP contribution in [0.4, 0.5) is 8.78 Å². The van der Waals surface area contributed by atoms with Gasteiger partial charge >= 0.3 is 5.97 Å². The molecule has 0 bridgehead atoms. The van der Waals surface area contributed by atoms with Gasteiger partial charge in [0.2, 0.25) is 5.91 Å². The summed E-state index contributed by atoms with van der Waals surface area (Å²) >= 11 is 1.19. The Hall–Kier alpha value is -3.66. The molecule has 0 radical (unpaired) electrons. The number of benzene rings is 2. The van der Waals surface area contributed by atoms with E-state index in [1.165, 1.54) is 35.6 Å². The minimum absolute atomic E-state index is 0.141. The van der Waals surface area contributed by atoms with Crippen molar-refractivity contribution in [2.75, 3.05) is 6.54 Å². The Labute approximate surface area is 252 Å². The number of amides is 1. The number of thiazole rings is 1. The first-order valence-electron chi connectivity index (χ1n) is 14.9. The maximum Gasteiger partial charge on any atom is 0.310 e. The van der Waals surface area contributed by atoms with E-state index in [1.807, 2.05) is 12.2 Å². The monoisotopic (exact) mass is 608 g/mol. The molecule has 2 fully saturated rings. The number of Topliss-reactive ketones (excluding diaryl/α,β-unsaturated/α-hetero) is 1. The van der Waals surface area contributed by atoms with Crippen molar-refractivity contribution in [1.29, 1.82) is 0 Å². The van der Waals surface area contributed by atoms with Gasteiger partial charge in [-0.3, -0.25) is 14.4 Å². The summed E-state index contributed by atoms with van der Waals surface area (Å²) in [6.45, 7) is 0.141. The number of ether oxygens (including phenoxy) is 1. The Balaban J connectivity index is 1.29. The molecule has 1 aromatic heterocycles. The number of fused-ring (bicyclic) bond motifs is 3. The van der Waals surface area contributed by atoms with Gasteiger partial charge in [-0.05, 0) is 73.9 Å². The number of ketones is 1. The zero-order valence-electron chi connectivity index (χ0n) is 23.7. The summed E-state index contributed by atoms with van der Waals surface area (Å²) < 4.78 is 34.6. The fourth-order valence-corrected chi connectivity index (χ4v) is 7.53. The second-order valence-electron chi connectivity index (χ2n) is 12.1. The van der Waals surface area contributed by atoms with Gasteiger partial charge in [0.1, 0.15) is 17.7 Å². The lowest BCUT2D eigenvalue weighted by Crippen LogP contribution is -2.45. The summed E-state index contributed by atoms with van der Waals surface area (Å²) in [5.74, 6) is -2.91. The number of carbonyl (C=O) groups excluding carboxylic acids is 2. The van der Waals surface area contributed by atoms with Gasteiger partial charge in [-0.25, -0.2) is 13.8 Å². The van der Waals surface area contributed by atoms with Gasteiger partial charge in [-0.1, -0.05) is 48.5 Å². The second-order valence-corrected chi connectivity index (χ2v) is 13.1. The van der Waals surface area contributed by atoms with Crippen molar-refractivity contribution in [3.63, 3.8) is 0 Å². The van der Waals surface area contributed by atoms with Crippen molar-refractivity contribution in [1.82, 2.24) is 9.88 Å². The highest BCUT2D eigenvalue weighted by molar-refractivity contribution is 7.20. The number of carbonyl (C=O) groups is 3. The number of aromatic nitrogens is 1. The number of hydrogen-bond acceptors (Lipinski definition) is 6. The van der Waals surface area contributed by atoms with Crippen LogP contribution in [-0.4, -0.2) is 51.3 Å². The van der Waals surface area contributed by atoms with Crippen LogP contribution >= 0.6 is 11.3 Å². The van der Waals surface area contributed by atoms with Crippen LogP contribution in [0, 0.1) is 28.9 Å². The topological polar surface area (TPSA) is 96.8 Å². The smallest absolute Gasteiger partial charge is 0.310 e. The maximum atomic E-state index is 14.2. The van der Waals surface area contributed by atoms with Crippen LogP contribution in [0.15, 0.2) is 54.6 Å². The summed E-state index contributed by atoms with van der Waals surface area (Å²) in [4.78, 5) is 46.5. The lowest BCUT2D eigenvalue weighted by molar-refractivity contribution is -0.147. The normalized spacial score (nSPS) is 28.9. The van der Waals surface area contributed by atoms with E-state index >= 15 is 0 Å². The van der Waals surface area contributed by atoms with E-state index in [0.29, 0.717) is 40.2 Å². The average Bonchev–Trinajstić information content (AvgIpc) is 3.29. The minimum atomic E-state index is -1.15. The molecule has 10 heteroatoms. The predicted molar refractivity (Wildman–Crippen MR) is 158 cm³/mol. The van der Waals surface area contributed by atoms with Gasteiger partial charge in [0, 0.05) is 18.8 Å². The third-order valence-electron chi connectivity index (χ3n) is 9.08. The molecule has 3 heterocycles. The first-order chi connectivity index (χ1) is 20.7. The summed E-state index contributed by atoms with van der Waals surface area (Å²) in [5.41, 5.74) is 0.147. The number of allylic oxidation sites excluding steroid dienone is 2. The van der Waals surface area contributed by atoms with Gasteiger partial charge in [0.25, 0.3) is 5.19 Å². The molecule has 1 saturated heterocycles. The van der Waals surface area contributed by atoms with Gasteiger partial charge in [0.15, 0.2) is 5.78 Å². The third-order valence-corrected chi connectivity index (χ3v) is 9.99. The van der Waals surface area contributed by atoms with E-state index in [0.717, 1.165) is 25.7 Å². The molecule has 3 aliphatic rings. The minimum Gasteiger partial charge on any atom is -0.481 e. The summed E-state index contributed by atoms with van der Waals surface area (Å²) in [5, 5.41) is 10.4. The lowest BCUT2D eigenvalue weighted by Gasteiger charge is -2.29. The van der Waals surface area contributed by atoms with Gasteiger partial charge in [-0.15, -0.1) is 0 Å². The molecule has 3 aromatic rings. The van der Waals surface area contributed by atoms with Crippen molar-refractivity contribution in [3.8, 4) is 5.19 Å². The molecule has 1 amide bonds. The van der Waals surface area contributed by atoms with Crippen LogP contribution in [0.3, 0.4) is 0 Å². The highest BCUT2D eigenvalue weighted by atomic mass is 32.1. The number of aliphatic carboxylic acids is 1. The van der Waals surface area contributed by atoms with E-state index in [1.54, 1.807) is 23.1 Å². The van der Waals surface area contributed by atoms with Crippen molar-refractivity contribution in [2.24, 2.45) is 17.3 Å². The molecule has 2 aliphatic heterocycles. The van der Waals surface area contributed by atoms with E-state index < -0.39 is 29.4 Å². The van der Waals surface area contributed by atoms with Crippen molar-refractivity contribution < 1.29 is 33.0 Å². The van der Waals surface area contributed by atoms with Crippen LogP contribution in [0.2, 0.25) is 0 Å². The standard InChI is InChI=1S/C33H34F2N2O5S/c34-23-10-6-7-20(14-23)13-21-8-4-2-1-3-5-9-22-17-33(22,31(40)41)18-28(38)27-16-25(19-37(27)30(21)39)42-32-36-26-12-11-24(35)15-29(26)43-32/h5-7,9-12,14-15,21-22,25,27H,1-4,8,13,16-19H2,(H,40,41)/b9-5-/t21-,22+,25-,27+,33-/m1/s1. The molecule has 5 atom stereocenters. The highest BCUT2D eigenvalue weighted by Crippen LogP contribution is 2.57. The van der Waals surface area contributed by atoms with Crippen LogP contribution < -0.4 is 4.74 Å². The zero-order valence-corrected chi connectivity index (χ0v) is 24.5. The van der Waals surface area contributed by atoms with Crippen LogP contribution in [0.5, 0.6) is 5.19 Å². The molecule has 2 aromatic carbocycles. The first kappa shape index (κ1) is 29.4. The fourth-order valence-electron chi connectivity index (χ4n) is 6.63. The Morgan fingerprint density at radius 2 is 1.95 bits per heavy atom. The molecule has 1 saturated carbocycles. The number of carboxylic acid groups (broad SMARTS) is 1. The SMILES string of the molecule is O=C1C[C@]2(C(=O)O)C[C@@H]2/C=C\CCCCC[C@H](Cc2cccc(F)c2)C(=O)N2C[C@H](Oc3nc4ccc(F)cc4s3)C[C@@H]12. The zero-order chi connectivity index (χ0) is 30.1. The number of carboxylic acids is 1. The quantitative estimate of drug-likeness (QED) is 0.339. The van der Waals surface area contributed by atoms with E-state index in [-0.39, 0.29) is 48.6 Å². The maximum absolute atomic E-state index is 14.2. The number of rotatable bonds is 5. The Morgan fingerprint density at radius 3 is 2.77 bits per heavy atom. The summed E-state index contributed by atoms with van der Waals surface area (Å²) in [6, 6.07) is 9.67. The molecular weight excluding hydrogens is 574 g/mol. The first-order valence-corrected chi connectivity index (χ1v) is 15.7. The number of hydrogen-bond donors (Lipinski definition) is 1. The largest absolute Gasteiger partial charge is 0.481 e. The van der Waals surface area contributed by atoms with Crippen LogP contribution in [0.1, 0.15) is 56.9 Å². The van der Waals surface area contributed by atoms with Crippen molar-refractivity contribution in [2.45, 2.75) is 69.9 Å². The molecule has 1 aliphatic carbocycles. The van der Waals surface area contributed by atoms with Gasteiger partial charge in [0.05, 0.1) is 28.2 Å². The molecule has 6 rings (SSSR count). The lowest BCUT2D eigenvalue weighted by atomic mass is 9.90. The van der Waals surface area contributed by atoms with E-state index in [2.05, 4.69) is 4.98 Å². The van der Waals surface area contributed by atoms with Crippen molar-refractivity contribution >= 4 is 39.2 Å².